The minimum atomic E-state index is 0.658. The van der Waals surface area contributed by atoms with E-state index in [0.717, 1.165) is 12.6 Å². The summed E-state index contributed by atoms with van der Waals surface area (Å²) in [5.41, 5.74) is 0. The van der Waals surface area contributed by atoms with Gasteiger partial charge in [0.2, 0.25) is 0 Å². The van der Waals surface area contributed by atoms with Gasteiger partial charge in [0.25, 0.3) is 0 Å². The lowest BCUT2D eigenvalue weighted by Gasteiger charge is -2.36. The monoisotopic (exact) mass is 213 g/mol. The Morgan fingerprint density at radius 2 is 2.20 bits per heavy atom. The topological polar surface area (TPSA) is 18.5 Å². The second-order valence-electron chi connectivity index (χ2n) is 4.97. The minimum Gasteiger partial charge on any atom is -0.313 e. The summed E-state index contributed by atoms with van der Waals surface area (Å²) in [5.74, 6) is 0. The molecule has 1 N–H and O–H groups in total. The van der Waals surface area contributed by atoms with Crippen molar-refractivity contribution >= 4 is 0 Å². The number of nitrogens with zero attached hydrogens (tertiary/aromatic N) is 2. The summed E-state index contributed by atoms with van der Waals surface area (Å²) < 4.78 is 0. The summed E-state index contributed by atoms with van der Waals surface area (Å²) in [6.45, 7) is 9.31. The predicted octanol–water partition coefficient (Wildman–Crippen LogP) is 1.01. The first-order valence-corrected chi connectivity index (χ1v) is 6.25. The lowest BCUT2D eigenvalue weighted by atomic mass is 10.1. The lowest BCUT2D eigenvalue weighted by Crippen LogP contribution is -2.49. The number of hydrogen-bond acceptors (Lipinski definition) is 3. The van der Waals surface area contributed by atoms with Crippen LogP contribution >= 0.6 is 0 Å². The van der Waals surface area contributed by atoms with Crippen molar-refractivity contribution in [1.29, 1.82) is 0 Å². The molecular weight excluding hydrogens is 186 g/mol. The van der Waals surface area contributed by atoms with Crippen LogP contribution in [0.4, 0.5) is 0 Å². The van der Waals surface area contributed by atoms with Crippen LogP contribution < -0.4 is 5.32 Å². The average Bonchev–Trinajstić information content (AvgIpc) is 2.18. The smallest absolute Gasteiger partial charge is 0.0195 e. The van der Waals surface area contributed by atoms with Crippen LogP contribution in [0.2, 0.25) is 0 Å². The van der Waals surface area contributed by atoms with Crippen LogP contribution in [-0.4, -0.2) is 62.2 Å². The van der Waals surface area contributed by atoms with Crippen molar-refractivity contribution in [1.82, 2.24) is 15.1 Å². The molecule has 0 amide bonds. The summed E-state index contributed by atoms with van der Waals surface area (Å²) in [6.07, 6.45) is 2.69. The Morgan fingerprint density at radius 1 is 1.47 bits per heavy atom. The molecule has 90 valence electrons. The second kappa shape index (κ2) is 6.46. The van der Waals surface area contributed by atoms with Crippen molar-refractivity contribution in [3.05, 3.63) is 0 Å². The van der Waals surface area contributed by atoms with Gasteiger partial charge in [0, 0.05) is 25.2 Å². The molecule has 0 radical (unpaired) electrons. The molecule has 0 spiro atoms. The van der Waals surface area contributed by atoms with Gasteiger partial charge in [0.05, 0.1) is 0 Å². The molecule has 0 saturated carbocycles. The molecule has 15 heavy (non-hydrogen) atoms. The zero-order valence-corrected chi connectivity index (χ0v) is 10.8. The van der Waals surface area contributed by atoms with Gasteiger partial charge in [-0.05, 0) is 47.0 Å². The standard InChI is InChI=1S/C12H27N3/c1-5-13-12-7-6-8-15(10-12)9-11(2)14(3)4/h11-13H,5-10H2,1-4H3. The Kier molecular flexibility index (Phi) is 5.58. The highest BCUT2D eigenvalue weighted by molar-refractivity contribution is 4.79. The normalized spacial score (nSPS) is 25.8. The highest BCUT2D eigenvalue weighted by Crippen LogP contribution is 2.11. The fourth-order valence-corrected chi connectivity index (χ4v) is 2.21. The first-order valence-electron chi connectivity index (χ1n) is 6.25. The number of likely N-dealkylation sites (N-methyl/N-ethyl adjacent to an activating group) is 2. The van der Waals surface area contributed by atoms with Crippen molar-refractivity contribution < 1.29 is 0 Å². The van der Waals surface area contributed by atoms with E-state index in [1.165, 1.54) is 32.5 Å². The number of piperidine rings is 1. The molecule has 1 fully saturated rings. The maximum Gasteiger partial charge on any atom is 0.0195 e. The van der Waals surface area contributed by atoms with Crippen molar-refractivity contribution in [2.24, 2.45) is 0 Å². The maximum atomic E-state index is 3.56. The third-order valence-electron chi connectivity index (χ3n) is 3.40. The Labute approximate surface area is 94.8 Å². The summed E-state index contributed by atoms with van der Waals surface area (Å²) in [5, 5.41) is 3.56. The van der Waals surface area contributed by atoms with Crippen LogP contribution in [0.3, 0.4) is 0 Å². The van der Waals surface area contributed by atoms with E-state index in [9.17, 15) is 0 Å². The first kappa shape index (κ1) is 12.9. The third kappa shape index (κ3) is 4.49. The van der Waals surface area contributed by atoms with Crippen LogP contribution in [0.15, 0.2) is 0 Å². The van der Waals surface area contributed by atoms with E-state index in [4.69, 9.17) is 0 Å². The molecule has 3 heteroatoms. The summed E-state index contributed by atoms with van der Waals surface area (Å²) in [7, 11) is 4.33. The zero-order chi connectivity index (χ0) is 11.3. The number of rotatable bonds is 5. The largest absolute Gasteiger partial charge is 0.313 e. The van der Waals surface area contributed by atoms with Crippen LogP contribution in [0.25, 0.3) is 0 Å². The third-order valence-corrected chi connectivity index (χ3v) is 3.40. The molecule has 1 heterocycles. The Balaban J connectivity index is 2.29. The summed E-state index contributed by atoms with van der Waals surface area (Å²) >= 11 is 0. The van der Waals surface area contributed by atoms with Gasteiger partial charge in [0.15, 0.2) is 0 Å². The van der Waals surface area contributed by atoms with E-state index in [2.05, 4.69) is 43.1 Å². The maximum absolute atomic E-state index is 3.56. The molecular formula is C12H27N3. The molecule has 2 unspecified atom stereocenters. The van der Waals surface area contributed by atoms with Crippen molar-refractivity contribution in [3.8, 4) is 0 Å². The SMILES string of the molecule is CCNC1CCCN(CC(C)N(C)C)C1. The van der Waals surface area contributed by atoms with Gasteiger partial charge < -0.3 is 15.1 Å². The van der Waals surface area contributed by atoms with E-state index in [-0.39, 0.29) is 0 Å². The average molecular weight is 213 g/mol. The molecule has 2 atom stereocenters. The molecule has 1 rings (SSSR count). The van der Waals surface area contributed by atoms with Gasteiger partial charge in [-0.3, -0.25) is 0 Å². The van der Waals surface area contributed by atoms with Gasteiger partial charge in [0.1, 0.15) is 0 Å². The number of likely N-dealkylation sites (tertiary alicyclic amines) is 1. The summed E-state index contributed by atoms with van der Waals surface area (Å²) in [6, 6.07) is 1.38. The molecule has 0 aliphatic carbocycles. The minimum absolute atomic E-state index is 0.658. The van der Waals surface area contributed by atoms with Gasteiger partial charge in [-0.25, -0.2) is 0 Å². The Morgan fingerprint density at radius 3 is 2.80 bits per heavy atom. The zero-order valence-electron chi connectivity index (χ0n) is 10.8. The fourth-order valence-electron chi connectivity index (χ4n) is 2.21. The van der Waals surface area contributed by atoms with Crippen LogP contribution in [0, 0.1) is 0 Å². The van der Waals surface area contributed by atoms with Crippen LogP contribution in [0.1, 0.15) is 26.7 Å². The number of nitrogens with one attached hydrogen (secondary N) is 1. The molecule has 0 aromatic rings. The Hall–Kier alpha value is -0.120. The van der Waals surface area contributed by atoms with E-state index < -0.39 is 0 Å². The molecule has 1 aliphatic rings. The van der Waals surface area contributed by atoms with Crippen molar-refractivity contribution in [3.63, 3.8) is 0 Å². The quantitative estimate of drug-likeness (QED) is 0.735. The molecule has 1 aliphatic heterocycles. The molecule has 1 saturated heterocycles. The Bertz CT molecular complexity index is 168. The second-order valence-corrected chi connectivity index (χ2v) is 4.97. The highest BCUT2D eigenvalue weighted by Gasteiger charge is 2.20. The van der Waals surface area contributed by atoms with E-state index in [1.807, 2.05) is 0 Å². The predicted molar refractivity (Wildman–Crippen MR) is 66.3 cm³/mol. The van der Waals surface area contributed by atoms with Crippen LogP contribution in [0.5, 0.6) is 0 Å². The van der Waals surface area contributed by atoms with Gasteiger partial charge in [-0.2, -0.15) is 0 Å². The van der Waals surface area contributed by atoms with Gasteiger partial charge >= 0.3 is 0 Å². The van der Waals surface area contributed by atoms with Crippen LogP contribution in [-0.2, 0) is 0 Å². The van der Waals surface area contributed by atoms with E-state index >= 15 is 0 Å². The molecule has 0 aromatic carbocycles. The van der Waals surface area contributed by atoms with Gasteiger partial charge in [-0.15, -0.1) is 0 Å². The fraction of sp³-hybridized carbons (Fsp3) is 1.00. The first-order chi connectivity index (χ1) is 7.13. The molecule has 0 bridgehead atoms. The lowest BCUT2D eigenvalue weighted by molar-refractivity contribution is 0.148. The van der Waals surface area contributed by atoms with Crippen molar-refractivity contribution in [2.75, 3.05) is 40.3 Å². The molecule has 0 aromatic heterocycles. The van der Waals surface area contributed by atoms with E-state index in [0.29, 0.717) is 6.04 Å². The van der Waals surface area contributed by atoms with Gasteiger partial charge in [-0.1, -0.05) is 6.92 Å². The van der Waals surface area contributed by atoms with Crippen molar-refractivity contribution in [2.45, 2.75) is 38.8 Å². The van der Waals surface area contributed by atoms with E-state index in [1.54, 1.807) is 0 Å². The summed E-state index contributed by atoms with van der Waals surface area (Å²) in [4.78, 5) is 4.90. The number of hydrogen-bond donors (Lipinski definition) is 1. The highest BCUT2D eigenvalue weighted by atomic mass is 15.2. The molecule has 3 nitrogen and oxygen atoms in total.